The van der Waals surface area contributed by atoms with Gasteiger partial charge < -0.3 is 9.73 Å². The van der Waals surface area contributed by atoms with E-state index in [4.69, 9.17) is 9.68 Å². The van der Waals surface area contributed by atoms with Gasteiger partial charge in [0.15, 0.2) is 0 Å². The lowest BCUT2D eigenvalue weighted by Crippen LogP contribution is -2.22. The fourth-order valence-corrected chi connectivity index (χ4v) is 3.21. The Kier molecular flexibility index (Phi) is 4.93. The van der Waals surface area contributed by atoms with Crippen molar-refractivity contribution in [1.82, 2.24) is 10.2 Å². The Labute approximate surface area is 146 Å². The average molecular weight is 356 g/mol. The smallest absolute Gasteiger partial charge is 0.277 e. The molecule has 1 atom stereocenters. The van der Waals surface area contributed by atoms with Crippen molar-refractivity contribution in [2.24, 2.45) is 0 Å². The molecule has 0 bridgehead atoms. The van der Waals surface area contributed by atoms with E-state index in [1.807, 2.05) is 23.6 Å². The number of carbonyl (C=O) groups is 1. The molecule has 1 amide bonds. The van der Waals surface area contributed by atoms with Crippen LogP contribution >= 0.6 is 23.1 Å². The number of nitrogens with zero attached hydrogens (tertiary/aromatic N) is 3. The van der Waals surface area contributed by atoms with E-state index in [2.05, 4.69) is 15.5 Å². The molecule has 3 aromatic rings. The monoisotopic (exact) mass is 356 g/mol. The molecule has 3 rings (SSSR count). The van der Waals surface area contributed by atoms with E-state index >= 15 is 0 Å². The van der Waals surface area contributed by atoms with Gasteiger partial charge in [-0.3, -0.25) is 4.79 Å². The molecule has 0 saturated carbocycles. The summed E-state index contributed by atoms with van der Waals surface area (Å²) in [7, 11) is 0. The molecule has 1 N–H and O–H groups in total. The zero-order chi connectivity index (χ0) is 16.9. The standard InChI is InChI=1S/C16H12N4O2S2/c1-10(14(21)18-12-6-3-2-5-11(12)9-17)24-16-20-19-15(22-16)13-7-4-8-23-13/h2-8,10H,1H3,(H,18,21)/t10-/m1/s1. The number of rotatable bonds is 5. The van der Waals surface area contributed by atoms with Crippen LogP contribution in [0, 0.1) is 11.3 Å². The van der Waals surface area contributed by atoms with Gasteiger partial charge in [0.05, 0.1) is 21.4 Å². The topological polar surface area (TPSA) is 91.8 Å². The summed E-state index contributed by atoms with van der Waals surface area (Å²) < 4.78 is 5.56. The molecule has 0 aliphatic carbocycles. The summed E-state index contributed by atoms with van der Waals surface area (Å²) in [6, 6.07) is 12.7. The van der Waals surface area contributed by atoms with Gasteiger partial charge in [-0.05, 0) is 30.5 Å². The zero-order valence-electron chi connectivity index (χ0n) is 12.6. The highest BCUT2D eigenvalue weighted by atomic mass is 32.2. The Morgan fingerprint density at radius 1 is 1.33 bits per heavy atom. The van der Waals surface area contributed by atoms with Gasteiger partial charge in [0.25, 0.3) is 11.1 Å². The summed E-state index contributed by atoms with van der Waals surface area (Å²) in [5, 5.41) is 21.5. The molecule has 0 unspecified atom stereocenters. The first-order valence-electron chi connectivity index (χ1n) is 7.01. The van der Waals surface area contributed by atoms with Crippen molar-refractivity contribution in [3.63, 3.8) is 0 Å². The molecule has 1 aromatic carbocycles. The number of benzene rings is 1. The number of nitrogens with one attached hydrogen (secondary N) is 1. The molecular weight excluding hydrogens is 344 g/mol. The number of amides is 1. The van der Waals surface area contributed by atoms with Gasteiger partial charge in [-0.15, -0.1) is 21.5 Å². The minimum absolute atomic E-state index is 0.237. The van der Waals surface area contributed by atoms with Gasteiger partial charge in [0.1, 0.15) is 6.07 Å². The molecular formula is C16H12N4O2S2. The zero-order valence-corrected chi connectivity index (χ0v) is 14.2. The quantitative estimate of drug-likeness (QED) is 0.699. The average Bonchev–Trinajstić information content (AvgIpc) is 3.26. The van der Waals surface area contributed by atoms with E-state index in [-0.39, 0.29) is 5.91 Å². The van der Waals surface area contributed by atoms with E-state index < -0.39 is 5.25 Å². The highest BCUT2D eigenvalue weighted by Gasteiger charge is 2.19. The maximum absolute atomic E-state index is 12.3. The number of anilines is 1. The maximum Gasteiger partial charge on any atom is 0.277 e. The molecule has 0 radical (unpaired) electrons. The SMILES string of the molecule is C[C@@H](Sc1nnc(-c2cccs2)o1)C(=O)Nc1ccccc1C#N. The largest absolute Gasteiger partial charge is 0.410 e. The van der Waals surface area contributed by atoms with Crippen LogP contribution in [0.1, 0.15) is 12.5 Å². The molecule has 120 valence electrons. The van der Waals surface area contributed by atoms with Gasteiger partial charge in [-0.2, -0.15) is 5.26 Å². The van der Waals surface area contributed by atoms with E-state index in [1.165, 1.54) is 23.1 Å². The summed E-state index contributed by atoms with van der Waals surface area (Å²) in [5.74, 6) is 0.202. The van der Waals surface area contributed by atoms with Crippen LogP contribution in [0.25, 0.3) is 10.8 Å². The molecule has 0 fully saturated rings. The minimum Gasteiger partial charge on any atom is -0.410 e. The van der Waals surface area contributed by atoms with Crippen LogP contribution in [0.5, 0.6) is 0 Å². The first-order chi connectivity index (χ1) is 11.7. The third-order valence-electron chi connectivity index (χ3n) is 3.09. The number of nitriles is 1. The minimum atomic E-state index is -0.451. The van der Waals surface area contributed by atoms with Gasteiger partial charge >= 0.3 is 0 Å². The van der Waals surface area contributed by atoms with Crippen molar-refractivity contribution in [2.75, 3.05) is 5.32 Å². The van der Waals surface area contributed by atoms with Crippen molar-refractivity contribution in [1.29, 1.82) is 5.26 Å². The number of hydrogen-bond acceptors (Lipinski definition) is 7. The normalized spacial score (nSPS) is 11.7. The van der Waals surface area contributed by atoms with Crippen LogP contribution in [-0.4, -0.2) is 21.4 Å². The number of carbonyl (C=O) groups excluding carboxylic acids is 1. The Morgan fingerprint density at radius 2 is 2.17 bits per heavy atom. The fraction of sp³-hybridized carbons (Fsp3) is 0.125. The molecule has 24 heavy (non-hydrogen) atoms. The van der Waals surface area contributed by atoms with Crippen LogP contribution in [0.2, 0.25) is 0 Å². The van der Waals surface area contributed by atoms with Crippen LogP contribution in [0.4, 0.5) is 5.69 Å². The highest BCUT2D eigenvalue weighted by Crippen LogP contribution is 2.29. The molecule has 0 aliphatic rings. The molecule has 0 saturated heterocycles. The van der Waals surface area contributed by atoms with Crippen molar-refractivity contribution < 1.29 is 9.21 Å². The van der Waals surface area contributed by atoms with Crippen molar-refractivity contribution in [3.8, 4) is 16.8 Å². The van der Waals surface area contributed by atoms with E-state index in [0.717, 1.165) is 4.88 Å². The molecule has 0 spiro atoms. The third kappa shape index (κ3) is 3.64. The summed E-state index contributed by atoms with van der Waals surface area (Å²) in [6.07, 6.45) is 0. The molecule has 0 aliphatic heterocycles. The first-order valence-corrected chi connectivity index (χ1v) is 8.77. The van der Waals surface area contributed by atoms with Gasteiger partial charge in [0.2, 0.25) is 5.91 Å². The number of thioether (sulfide) groups is 1. The number of thiophene rings is 1. The maximum atomic E-state index is 12.3. The first kappa shape index (κ1) is 16.2. The second kappa shape index (κ2) is 7.29. The van der Waals surface area contributed by atoms with E-state index in [0.29, 0.717) is 22.4 Å². The van der Waals surface area contributed by atoms with Crippen molar-refractivity contribution >= 4 is 34.7 Å². The van der Waals surface area contributed by atoms with E-state index in [9.17, 15) is 4.79 Å². The van der Waals surface area contributed by atoms with E-state index in [1.54, 1.807) is 31.2 Å². The van der Waals surface area contributed by atoms with Crippen LogP contribution in [-0.2, 0) is 4.79 Å². The number of para-hydroxylation sites is 1. The van der Waals surface area contributed by atoms with Crippen LogP contribution in [0.15, 0.2) is 51.4 Å². The predicted molar refractivity (Wildman–Crippen MR) is 92.7 cm³/mol. The molecule has 2 heterocycles. The lowest BCUT2D eigenvalue weighted by atomic mass is 10.2. The lowest BCUT2D eigenvalue weighted by Gasteiger charge is -2.10. The summed E-state index contributed by atoms with van der Waals surface area (Å²) in [4.78, 5) is 13.2. The summed E-state index contributed by atoms with van der Waals surface area (Å²) in [6.45, 7) is 1.74. The predicted octanol–water partition coefficient (Wildman–Crippen LogP) is 3.79. The third-order valence-corrected chi connectivity index (χ3v) is 4.88. The number of aromatic nitrogens is 2. The Balaban J connectivity index is 1.65. The Bertz CT molecular complexity index is 884. The Hall–Kier alpha value is -2.63. The lowest BCUT2D eigenvalue weighted by molar-refractivity contribution is -0.115. The van der Waals surface area contributed by atoms with Crippen LogP contribution < -0.4 is 5.32 Å². The van der Waals surface area contributed by atoms with Crippen LogP contribution in [0.3, 0.4) is 0 Å². The van der Waals surface area contributed by atoms with Gasteiger partial charge in [-0.1, -0.05) is 30.0 Å². The number of hydrogen-bond donors (Lipinski definition) is 1. The molecule has 2 aromatic heterocycles. The van der Waals surface area contributed by atoms with Gasteiger partial charge in [-0.25, -0.2) is 0 Å². The van der Waals surface area contributed by atoms with Crippen molar-refractivity contribution in [2.45, 2.75) is 17.4 Å². The fourth-order valence-electron chi connectivity index (χ4n) is 1.89. The Morgan fingerprint density at radius 3 is 2.92 bits per heavy atom. The molecule has 6 nitrogen and oxygen atoms in total. The summed E-state index contributed by atoms with van der Waals surface area (Å²) >= 11 is 2.68. The van der Waals surface area contributed by atoms with Crippen molar-refractivity contribution in [3.05, 3.63) is 47.3 Å². The highest BCUT2D eigenvalue weighted by molar-refractivity contribution is 8.00. The second-order valence-electron chi connectivity index (χ2n) is 4.76. The van der Waals surface area contributed by atoms with Gasteiger partial charge in [0, 0.05) is 0 Å². The summed E-state index contributed by atoms with van der Waals surface area (Å²) in [5.41, 5.74) is 0.906. The molecule has 8 heteroatoms. The second-order valence-corrected chi connectivity index (χ2v) is 7.00.